The maximum atomic E-state index is 10.4. The van der Waals surface area contributed by atoms with E-state index in [1.54, 1.807) is 7.11 Å². The van der Waals surface area contributed by atoms with Crippen LogP contribution in [0, 0.1) is 22.0 Å². The van der Waals surface area contributed by atoms with Crippen LogP contribution in [0.1, 0.15) is 25.8 Å². The first-order valence-corrected chi connectivity index (χ1v) is 6.26. The third kappa shape index (κ3) is 5.17. The van der Waals surface area contributed by atoms with Crippen molar-refractivity contribution in [1.29, 1.82) is 0 Å². The first-order valence-electron chi connectivity index (χ1n) is 6.26. The fraction of sp³-hybridized carbons (Fsp3) is 0.571. The van der Waals surface area contributed by atoms with Gasteiger partial charge in [0.25, 0.3) is 0 Å². The molecule has 0 aromatic heterocycles. The van der Waals surface area contributed by atoms with Crippen LogP contribution in [0.25, 0.3) is 0 Å². The topological polar surface area (TPSA) is 52.4 Å². The molecular weight excluding hydrogens is 230 g/mol. The lowest BCUT2D eigenvalue weighted by molar-refractivity contribution is -0.487. The third-order valence-corrected chi connectivity index (χ3v) is 3.01. The summed E-state index contributed by atoms with van der Waals surface area (Å²) in [6.45, 7) is 4.14. The average molecular weight is 251 g/mol. The molecule has 0 saturated heterocycles. The molecule has 0 fully saturated rings. The van der Waals surface area contributed by atoms with Gasteiger partial charge in [-0.25, -0.2) is 0 Å². The number of benzene rings is 1. The van der Waals surface area contributed by atoms with E-state index in [1.165, 1.54) is 5.56 Å². The monoisotopic (exact) mass is 251 g/mol. The summed E-state index contributed by atoms with van der Waals surface area (Å²) in [5.74, 6) is 1.44. The minimum atomic E-state index is -0.231. The zero-order valence-electron chi connectivity index (χ0n) is 11.3. The smallest absolute Gasteiger partial charge is 0.206 e. The summed E-state index contributed by atoms with van der Waals surface area (Å²) in [7, 11) is 1.65. The fourth-order valence-electron chi connectivity index (χ4n) is 2.26. The van der Waals surface area contributed by atoms with Gasteiger partial charge in [-0.3, -0.25) is 10.1 Å². The molecule has 0 aliphatic carbocycles. The van der Waals surface area contributed by atoms with Gasteiger partial charge in [-0.2, -0.15) is 0 Å². The molecular formula is C14H21NO3. The highest BCUT2D eigenvalue weighted by Crippen LogP contribution is 2.19. The van der Waals surface area contributed by atoms with Crippen LogP contribution in [0.4, 0.5) is 0 Å². The number of hydrogen-bond acceptors (Lipinski definition) is 3. The molecule has 1 aromatic rings. The molecule has 18 heavy (non-hydrogen) atoms. The number of hydrogen-bond donors (Lipinski definition) is 0. The highest BCUT2D eigenvalue weighted by molar-refractivity contribution is 5.27. The number of ether oxygens (including phenoxy) is 1. The number of methoxy groups -OCH3 is 1. The Balaban J connectivity index is 2.43. The van der Waals surface area contributed by atoms with Crippen molar-refractivity contribution in [3.8, 4) is 5.75 Å². The van der Waals surface area contributed by atoms with Crippen LogP contribution in [0.3, 0.4) is 0 Å². The van der Waals surface area contributed by atoms with Crippen LogP contribution in [0.15, 0.2) is 24.3 Å². The summed E-state index contributed by atoms with van der Waals surface area (Å²) in [5.41, 5.74) is 1.25. The summed E-state index contributed by atoms with van der Waals surface area (Å²) in [4.78, 5) is 10.2. The second-order valence-corrected chi connectivity index (χ2v) is 5.01. The minimum Gasteiger partial charge on any atom is -0.497 e. The molecule has 100 valence electrons. The van der Waals surface area contributed by atoms with Crippen molar-refractivity contribution in [3.63, 3.8) is 0 Å². The van der Waals surface area contributed by atoms with E-state index < -0.39 is 0 Å². The molecule has 0 aliphatic rings. The summed E-state index contributed by atoms with van der Waals surface area (Å²) in [6, 6.07) is 7.99. The third-order valence-electron chi connectivity index (χ3n) is 3.01. The SMILES string of the molecule is COc1ccc(C[C@H](C)C[C@@H](C)C[N+](=O)[O-])cc1. The first kappa shape index (κ1) is 14.5. The molecule has 4 heteroatoms. The zero-order chi connectivity index (χ0) is 13.5. The van der Waals surface area contributed by atoms with Gasteiger partial charge < -0.3 is 4.74 Å². The molecule has 1 rings (SSSR count). The van der Waals surface area contributed by atoms with E-state index in [4.69, 9.17) is 4.74 Å². The van der Waals surface area contributed by atoms with Crippen molar-refractivity contribution in [2.75, 3.05) is 13.7 Å². The van der Waals surface area contributed by atoms with E-state index >= 15 is 0 Å². The van der Waals surface area contributed by atoms with Crippen LogP contribution >= 0.6 is 0 Å². The van der Waals surface area contributed by atoms with Gasteiger partial charge in [0, 0.05) is 10.8 Å². The maximum Gasteiger partial charge on any atom is 0.206 e. The maximum absolute atomic E-state index is 10.4. The molecule has 4 nitrogen and oxygen atoms in total. The second-order valence-electron chi connectivity index (χ2n) is 5.01. The van der Waals surface area contributed by atoms with Crippen LogP contribution in [-0.2, 0) is 6.42 Å². The molecule has 1 aromatic carbocycles. The van der Waals surface area contributed by atoms with E-state index in [1.807, 2.05) is 31.2 Å². The Bertz CT molecular complexity index is 375. The Morgan fingerprint density at radius 3 is 2.33 bits per heavy atom. The van der Waals surface area contributed by atoms with Gasteiger partial charge in [-0.05, 0) is 36.5 Å². The summed E-state index contributed by atoms with van der Waals surface area (Å²) in [6.07, 6.45) is 1.83. The van der Waals surface area contributed by atoms with E-state index in [2.05, 4.69) is 6.92 Å². The molecule has 0 unspecified atom stereocenters. The quantitative estimate of drug-likeness (QED) is 0.552. The first-order chi connectivity index (χ1) is 8.51. The van der Waals surface area contributed by atoms with E-state index in [9.17, 15) is 10.1 Å². The predicted molar refractivity (Wildman–Crippen MR) is 71.5 cm³/mol. The van der Waals surface area contributed by atoms with Crippen molar-refractivity contribution in [2.45, 2.75) is 26.7 Å². The lowest BCUT2D eigenvalue weighted by Crippen LogP contribution is -2.15. The van der Waals surface area contributed by atoms with Gasteiger partial charge in [0.15, 0.2) is 0 Å². The van der Waals surface area contributed by atoms with Crippen LogP contribution in [0.2, 0.25) is 0 Å². The highest BCUT2D eigenvalue weighted by atomic mass is 16.6. The molecule has 0 spiro atoms. The van der Waals surface area contributed by atoms with Crippen molar-refractivity contribution >= 4 is 0 Å². The van der Waals surface area contributed by atoms with Gasteiger partial charge in [-0.15, -0.1) is 0 Å². The molecule has 0 heterocycles. The van der Waals surface area contributed by atoms with Crippen molar-refractivity contribution in [1.82, 2.24) is 0 Å². The van der Waals surface area contributed by atoms with Gasteiger partial charge in [0.05, 0.1) is 7.11 Å². The average Bonchev–Trinajstić information content (AvgIpc) is 2.28. The van der Waals surface area contributed by atoms with Gasteiger partial charge >= 0.3 is 0 Å². The van der Waals surface area contributed by atoms with Gasteiger partial charge in [0.2, 0.25) is 6.54 Å². The van der Waals surface area contributed by atoms with Crippen molar-refractivity contribution < 1.29 is 9.66 Å². The summed E-state index contributed by atoms with van der Waals surface area (Å²) in [5, 5.41) is 10.4. The molecule has 0 aliphatic heterocycles. The molecule has 0 radical (unpaired) electrons. The molecule has 0 saturated carbocycles. The number of nitrogens with zero attached hydrogens (tertiary/aromatic N) is 1. The van der Waals surface area contributed by atoms with E-state index in [-0.39, 0.29) is 17.4 Å². The molecule has 0 bridgehead atoms. The standard InChI is InChI=1S/C14H21NO3/c1-11(8-12(2)10-15(16)17)9-13-4-6-14(18-3)7-5-13/h4-7,11-12H,8-10H2,1-3H3/t11-,12-/m1/s1. The Kier molecular flexibility index (Phi) is 5.62. The molecule has 0 amide bonds. The lowest BCUT2D eigenvalue weighted by Gasteiger charge is -2.14. The predicted octanol–water partition coefficient (Wildman–Crippen LogP) is 3.18. The van der Waals surface area contributed by atoms with E-state index in [0.717, 1.165) is 18.6 Å². The Hall–Kier alpha value is -1.58. The summed E-state index contributed by atoms with van der Waals surface area (Å²) < 4.78 is 5.11. The van der Waals surface area contributed by atoms with E-state index in [0.29, 0.717) is 5.92 Å². The zero-order valence-corrected chi connectivity index (χ0v) is 11.3. The fourth-order valence-corrected chi connectivity index (χ4v) is 2.26. The van der Waals surface area contributed by atoms with Crippen LogP contribution in [-0.4, -0.2) is 18.6 Å². The van der Waals surface area contributed by atoms with Crippen molar-refractivity contribution in [3.05, 3.63) is 39.9 Å². The largest absolute Gasteiger partial charge is 0.497 e. The highest BCUT2D eigenvalue weighted by Gasteiger charge is 2.14. The molecule has 0 N–H and O–H groups in total. The number of nitro groups is 1. The van der Waals surface area contributed by atoms with Crippen molar-refractivity contribution in [2.24, 2.45) is 11.8 Å². The molecule has 2 atom stereocenters. The minimum absolute atomic E-state index is 0.0625. The Morgan fingerprint density at radius 2 is 1.83 bits per heavy atom. The van der Waals surface area contributed by atoms with Gasteiger partial charge in [0.1, 0.15) is 5.75 Å². The van der Waals surface area contributed by atoms with Crippen LogP contribution in [0.5, 0.6) is 5.75 Å². The van der Waals surface area contributed by atoms with Gasteiger partial charge in [-0.1, -0.05) is 26.0 Å². The van der Waals surface area contributed by atoms with Crippen LogP contribution < -0.4 is 4.74 Å². The Labute approximate surface area is 108 Å². The summed E-state index contributed by atoms with van der Waals surface area (Å²) >= 11 is 0. The lowest BCUT2D eigenvalue weighted by atomic mass is 9.92. The second kappa shape index (κ2) is 6.99. The number of rotatable bonds is 7. The normalized spacial score (nSPS) is 13.9. The Morgan fingerprint density at radius 1 is 1.22 bits per heavy atom.